The first-order chi connectivity index (χ1) is 10.8. The van der Waals surface area contributed by atoms with Gasteiger partial charge in [-0.3, -0.25) is 4.79 Å². The summed E-state index contributed by atoms with van der Waals surface area (Å²) in [6.45, 7) is 3.86. The number of hydrogen-bond acceptors (Lipinski definition) is 1. The average molecular weight is 314 g/mol. The van der Waals surface area contributed by atoms with Crippen molar-refractivity contribution in [2.75, 3.05) is 0 Å². The van der Waals surface area contributed by atoms with E-state index in [1.807, 2.05) is 38.1 Å². The predicted molar refractivity (Wildman–Crippen MR) is 84.1 cm³/mol. The van der Waals surface area contributed by atoms with E-state index in [0.717, 1.165) is 17.2 Å². The van der Waals surface area contributed by atoms with Crippen LogP contribution >= 0.6 is 0 Å². The highest BCUT2D eigenvalue weighted by atomic mass is 19.1. The van der Waals surface area contributed by atoms with E-state index in [9.17, 15) is 18.7 Å². The Morgan fingerprint density at radius 2 is 1.78 bits per heavy atom. The van der Waals surface area contributed by atoms with E-state index in [4.69, 9.17) is 0 Å². The van der Waals surface area contributed by atoms with Crippen LogP contribution in [-0.2, 0) is 10.2 Å². The summed E-state index contributed by atoms with van der Waals surface area (Å²) in [5.74, 6) is -2.31. The number of carboxylic acids is 1. The highest BCUT2D eigenvalue weighted by Crippen LogP contribution is 2.50. The van der Waals surface area contributed by atoms with Crippen LogP contribution < -0.4 is 0 Å². The molecule has 118 valence electrons. The summed E-state index contributed by atoms with van der Waals surface area (Å²) >= 11 is 0. The van der Waals surface area contributed by atoms with Crippen molar-refractivity contribution in [2.24, 2.45) is 0 Å². The number of hydrogen-bond donors (Lipinski definition) is 1. The van der Waals surface area contributed by atoms with Gasteiger partial charge in [0.05, 0.1) is 6.42 Å². The van der Waals surface area contributed by atoms with Gasteiger partial charge < -0.3 is 5.11 Å². The highest BCUT2D eigenvalue weighted by Gasteiger charge is 2.39. The Morgan fingerprint density at radius 3 is 2.43 bits per heavy atom. The van der Waals surface area contributed by atoms with Crippen LogP contribution in [0.2, 0.25) is 0 Å². The predicted octanol–water partition coefficient (Wildman–Crippen LogP) is 4.53. The number of fused-ring (bicyclic) bond motifs is 1. The molecular weight excluding hydrogens is 298 g/mol. The van der Waals surface area contributed by atoms with Gasteiger partial charge in [0.2, 0.25) is 0 Å². The van der Waals surface area contributed by atoms with Gasteiger partial charge in [0, 0.05) is 17.0 Å². The molecule has 0 atom stereocenters. The van der Waals surface area contributed by atoms with Gasteiger partial charge in [-0.1, -0.05) is 38.1 Å². The maximum absolute atomic E-state index is 14.3. The van der Waals surface area contributed by atoms with Crippen LogP contribution in [0.5, 0.6) is 0 Å². The number of benzene rings is 2. The Bertz CT molecular complexity index is 835. The molecule has 0 aromatic heterocycles. The van der Waals surface area contributed by atoms with Crippen molar-refractivity contribution in [3.63, 3.8) is 0 Å². The second-order valence-corrected chi connectivity index (χ2v) is 6.22. The van der Waals surface area contributed by atoms with E-state index in [1.165, 1.54) is 12.1 Å². The van der Waals surface area contributed by atoms with Gasteiger partial charge in [-0.15, -0.1) is 0 Å². The van der Waals surface area contributed by atoms with Crippen molar-refractivity contribution >= 4 is 11.5 Å². The Balaban J connectivity index is 2.33. The van der Waals surface area contributed by atoms with Gasteiger partial charge >= 0.3 is 5.97 Å². The Labute approximate surface area is 133 Å². The molecule has 0 fully saturated rings. The smallest absolute Gasteiger partial charge is 0.307 e. The number of carboxylic acid groups (broad SMARTS) is 1. The molecule has 1 aliphatic carbocycles. The molecule has 2 aromatic rings. The minimum Gasteiger partial charge on any atom is -0.481 e. The molecule has 2 aromatic carbocycles. The summed E-state index contributed by atoms with van der Waals surface area (Å²) in [6, 6.07) is 10.9. The Hall–Kier alpha value is -2.49. The molecule has 0 radical (unpaired) electrons. The SMILES string of the molecule is CC1(C)C(CC(=O)O)=C(c2ccc(F)cc2F)c2ccccc21. The van der Waals surface area contributed by atoms with Crippen molar-refractivity contribution in [1.29, 1.82) is 0 Å². The first-order valence-electron chi connectivity index (χ1n) is 7.33. The van der Waals surface area contributed by atoms with E-state index in [2.05, 4.69) is 0 Å². The first-order valence-corrected chi connectivity index (χ1v) is 7.33. The fraction of sp³-hybridized carbons (Fsp3) is 0.211. The summed E-state index contributed by atoms with van der Waals surface area (Å²) in [5.41, 5.74) is 2.67. The van der Waals surface area contributed by atoms with Crippen LogP contribution in [0, 0.1) is 11.6 Å². The van der Waals surface area contributed by atoms with Gasteiger partial charge in [0.25, 0.3) is 0 Å². The zero-order valence-corrected chi connectivity index (χ0v) is 12.9. The average Bonchev–Trinajstić information content (AvgIpc) is 2.68. The van der Waals surface area contributed by atoms with Crippen LogP contribution in [0.1, 0.15) is 37.0 Å². The number of carbonyl (C=O) groups is 1. The van der Waals surface area contributed by atoms with Crippen molar-refractivity contribution in [3.8, 4) is 0 Å². The zero-order chi connectivity index (χ0) is 16.8. The third kappa shape index (κ3) is 2.44. The Morgan fingerprint density at radius 1 is 1.09 bits per heavy atom. The minimum atomic E-state index is -0.971. The Kier molecular flexibility index (Phi) is 3.55. The van der Waals surface area contributed by atoms with Gasteiger partial charge in [0.15, 0.2) is 0 Å². The fourth-order valence-electron chi connectivity index (χ4n) is 3.34. The monoisotopic (exact) mass is 314 g/mol. The van der Waals surface area contributed by atoms with E-state index >= 15 is 0 Å². The maximum atomic E-state index is 14.3. The molecule has 0 spiro atoms. The fourth-order valence-corrected chi connectivity index (χ4v) is 3.34. The number of aliphatic carboxylic acids is 1. The van der Waals surface area contributed by atoms with E-state index < -0.39 is 23.0 Å². The molecule has 3 rings (SSSR count). The largest absolute Gasteiger partial charge is 0.481 e. The lowest BCUT2D eigenvalue weighted by Crippen LogP contribution is -2.19. The van der Waals surface area contributed by atoms with Crippen LogP contribution in [0.15, 0.2) is 48.0 Å². The van der Waals surface area contributed by atoms with E-state index in [1.54, 1.807) is 0 Å². The highest BCUT2D eigenvalue weighted by molar-refractivity contribution is 5.92. The normalized spacial score (nSPS) is 15.7. The second-order valence-electron chi connectivity index (χ2n) is 6.22. The lowest BCUT2D eigenvalue weighted by Gasteiger charge is -2.24. The third-order valence-corrected chi connectivity index (χ3v) is 4.45. The molecule has 1 aliphatic rings. The van der Waals surface area contributed by atoms with Crippen LogP contribution in [-0.4, -0.2) is 11.1 Å². The molecule has 0 amide bonds. The molecule has 0 heterocycles. The topological polar surface area (TPSA) is 37.3 Å². The quantitative estimate of drug-likeness (QED) is 0.903. The van der Waals surface area contributed by atoms with Gasteiger partial charge in [-0.05, 0) is 34.4 Å². The lowest BCUT2D eigenvalue weighted by molar-refractivity contribution is -0.136. The van der Waals surface area contributed by atoms with Gasteiger partial charge in [-0.2, -0.15) is 0 Å². The molecule has 1 N–H and O–H groups in total. The van der Waals surface area contributed by atoms with Crippen molar-refractivity contribution < 1.29 is 18.7 Å². The minimum absolute atomic E-state index is 0.187. The second kappa shape index (κ2) is 5.30. The molecular formula is C19H16F2O2. The summed E-state index contributed by atoms with van der Waals surface area (Å²) in [4.78, 5) is 11.3. The summed E-state index contributed by atoms with van der Waals surface area (Å²) in [5, 5.41) is 9.28. The molecule has 23 heavy (non-hydrogen) atoms. The van der Waals surface area contributed by atoms with Crippen molar-refractivity contribution in [1.82, 2.24) is 0 Å². The van der Waals surface area contributed by atoms with Crippen molar-refractivity contribution in [3.05, 3.63) is 76.4 Å². The van der Waals surface area contributed by atoms with Crippen LogP contribution in [0.3, 0.4) is 0 Å². The molecule has 0 unspecified atom stereocenters. The van der Waals surface area contributed by atoms with Crippen LogP contribution in [0.25, 0.3) is 5.57 Å². The third-order valence-electron chi connectivity index (χ3n) is 4.45. The number of halogens is 2. The van der Waals surface area contributed by atoms with Crippen LogP contribution in [0.4, 0.5) is 8.78 Å². The van der Waals surface area contributed by atoms with Gasteiger partial charge in [0.1, 0.15) is 11.6 Å². The van der Waals surface area contributed by atoms with E-state index in [0.29, 0.717) is 11.1 Å². The molecule has 0 saturated carbocycles. The van der Waals surface area contributed by atoms with E-state index in [-0.39, 0.29) is 12.0 Å². The number of rotatable bonds is 3. The maximum Gasteiger partial charge on any atom is 0.307 e. The molecule has 4 heteroatoms. The van der Waals surface area contributed by atoms with Gasteiger partial charge in [-0.25, -0.2) is 8.78 Å². The summed E-state index contributed by atoms with van der Waals surface area (Å²) < 4.78 is 27.6. The summed E-state index contributed by atoms with van der Waals surface area (Å²) in [7, 11) is 0. The van der Waals surface area contributed by atoms with Crippen molar-refractivity contribution in [2.45, 2.75) is 25.7 Å². The molecule has 0 aliphatic heterocycles. The molecule has 2 nitrogen and oxygen atoms in total. The molecule has 0 bridgehead atoms. The first kappa shape index (κ1) is 15.4. The summed E-state index contributed by atoms with van der Waals surface area (Å²) in [6.07, 6.45) is -0.187. The lowest BCUT2D eigenvalue weighted by atomic mass is 9.79. The zero-order valence-electron chi connectivity index (χ0n) is 12.9. The molecule has 0 saturated heterocycles. The standard InChI is InChI=1S/C19H16F2O2/c1-19(2)14-6-4-3-5-12(14)18(15(19)10-17(22)23)13-8-7-11(20)9-16(13)21/h3-9H,10H2,1-2H3,(H,22,23).